The van der Waals surface area contributed by atoms with E-state index in [0.717, 1.165) is 20.8 Å². The minimum Gasteiger partial charge on any atom is -0.486 e. The van der Waals surface area contributed by atoms with Crippen LogP contribution in [-0.2, 0) is 4.79 Å². The van der Waals surface area contributed by atoms with Gasteiger partial charge in [0, 0.05) is 13.1 Å². The second kappa shape index (κ2) is 7.81. The zero-order chi connectivity index (χ0) is 19.7. The number of aromatic nitrogens is 1. The number of hydrogen-bond donors (Lipinski definition) is 0. The number of carbonyl (C=O) groups excluding carboxylic acids is 1. The standard InChI is InChI=1S/C21H19ClN2O3S/c1-13(21-23-16-5-3-4-6-18(16)28-21)24(2)19(25)8-7-14-11-15(22)20-17(12-14)26-9-10-27-20/h3-8,11-13H,9-10H2,1-2H3/b8-7+/t13-/m1/s1. The maximum atomic E-state index is 12.6. The lowest BCUT2D eigenvalue weighted by molar-refractivity contribution is -0.126. The molecule has 0 unspecified atom stereocenters. The summed E-state index contributed by atoms with van der Waals surface area (Å²) < 4.78 is 12.2. The van der Waals surface area contributed by atoms with Crippen LogP contribution in [0.5, 0.6) is 11.5 Å². The maximum Gasteiger partial charge on any atom is 0.246 e. The maximum absolute atomic E-state index is 12.6. The molecule has 28 heavy (non-hydrogen) atoms. The van der Waals surface area contributed by atoms with Crippen molar-refractivity contribution < 1.29 is 14.3 Å². The van der Waals surface area contributed by atoms with E-state index in [0.29, 0.717) is 29.7 Å². The van der Waals surface area contributed by atoms with E-state index in [1.165, 1.54) is 6.08 Å². The largest absolute Gasteiger partial charge is 0.486 e. The molecule has 0 aliphatic carbocycles. The number of para-hydroxylation sites is 1. The molecule has 1 aromatic heterocycles. The molecule has 0 radical (unpaired) electrons. The molecule has 1 aliphatic heterocycles. The van der Waals surface area contributed by atoms with Crippen molar-refractivity contribution in [3.05, 3.63) is 58.1 Å². The Kier molecular flexibility index (Phi) is 5.24. The topological polar surface area (TPSA) is 51.7 Å². The van der Waals surface area contributed by atoms with Gasteiger partial charge in [0.05, 0.1) is 21.3 Å². The van der Waals surface area contributed by atoms with Gasteiger partial charge in [-0.15, -0.1) is 11.3 Å². The molecule has 3 aromatic rings. The van der Waals surface area contributed by atoms with Gasteiger partial charge in [0.15, 0.2) is 11.5 Å². The summed E-state index contributed by atoms with van der Waals surface area (Å²) in [5, 5.41) is 1.38. The van der Waals surface area contributed by atoms with E-state index in [-0.39, 0.29) is 11.9 Å². The number of amides is 1. The van der Waals surface area contributed by atoms with Crippen LogP contribution in [0.2, 0.25) is 5.02 Å². The number of benzene rings is 2. The predicted octanol–water partition coefficient (Wildman–Crippen LogP) is 4.95. The van der Waals surface area contributed by atoms with E-state index < -0.39 is 0 Å². The quantitative estimate of drug-likeness (QED) is 0.566. The third-order valence-corrected chi connectivity index (χ3v) is 6.12. The molecule has 2 heterocycles. The highest BCUT2D eigenvalue weighted by atomic mass is 35.5. The molecule has 7 heteroatoms. The molecule has 1 aliphatic rings. The number of halogens is 1. The molecule has 0 saturated carbocycles. The molecule has 0 fully saturated rings. The number of fused-ring (bicyclic) bond motifs is 2. The van der Waals surface area contributed by atoms with Crippen LogP contribution < -0.4 is 9.47 Å². The summed E-state index contributed by atoms with van der Waals surface area (Å²) in [5.41, 5.74) is 1.74. The second-order valence-electron chi connectivity index (χ2n) is 6.51. The van der Waals surface area contributed by atoms with Gasteiger partial charge in [-0.2, -0.15) is 0 Å². The molecule has 0 N–H and O–H groups in total. The first-order valence-electron chi connectivity index (χ1n) is 8.92. The number of carbonyl (C=O) groups is 1. The van der Waals surface area contributed by atoms with Gasteiger partial charge in [-0.1, -0.05) is 23.7 Å². The highest BCUT2D eigenvalue weighted by Gasteiger charge is 2.20. The Morgan fingerprint density at radius 3 is 2.89 bits per heavy atom. The monoisotopic (exact) mass is 414 g/mol. The SMILES string of the molecule is C[C@H](c1nc2ccccc2s1)N(C)C(=O)/C=C/c1cc(Cl)c2c(c1)OCCO2. The van der Waals surface area contributed by atoms with E-state index in [4.69, 9.17) is 21.1 Å². The molecule has 144 valence electrons. The lowest BCUT2D eigenvalue weighted by Crippen LogP contribution is -2.27. The third kappa shape index (κ3) is 3.70. The van der Waals surface area contributed by atoms with E-state index >= 15 is 0 Å². The van der Waals surface area contributed by atoms with Gasteiger partial charge in [0.2, 0.25) is 5.91 Å². The summed E-state index contributed by atoms with van der Waals surface area (Å²) >= 11 is 7.86. The molecule has 0 spiro atoms. The Hall–Kier alpha value is -2.57. The van der Waals surface area contributed by atoms with Crippen LogP contribution in [0.25, 0.3) is 16.3 Å². The Bertz CT molecular complexity index is 1030. The van der Waals surface area contributed by atoms with Gasteiger partial charge in [0.25, 0.3) is 0 Å². The van der Waals surface area contributed by atoms with Crippen LogP contribution in [-0.4, -0.2) is 36.1 Å². The summed E-state index contributed by atoms with van der Waals surface area (Å²) in [6, 6.07) is 11.4. The van der Waals surface area contributed by atoms with E-state index in [1.54, 1.807) is 35.4 Å². The summed E-state index contributed by atoms with van der Waals surface area (Å²) in [4.78, 5) is 19.0. The van der Waals surface area contributed by atoms with Crippen molar-refractivity contribution >= 4 is 45.1 Å². The molecular weight excluding hydrogens is 396 g/mol. The number of rotatable bonds is 4. The minimum atomic E-state index is -0.126. The zero-order valence-electron chi connectivity index (χ0n) is 15.5. The van der Waals surface area contributed by atoms with Crippen LogP contribution in [0.4, 0.5) is 0 Å². The van der Waals surface area contributed by atoms with Gasteiger partial charge in [-0.25, -0.2) is 4.98 Å². The summed E-state index contributed by atoms with van der Waals surface area (Å²) in [7, 11) is 1.78. The molecule has 1 amide bonds. The van der Waals surface area contributed by atoms with Crippen molar-refractivity contribution in [1.82, 2.24) is 9.88 Å². The van der Waals surface area contributed by atoms with Crippen LogP contribution in [0.15, 0.2) is 42.5 Å². The van der Waals surface area contributed by atoms with Crippen molar-refractivity contribution in [1.29, 1.82) is 0 Å². The Morgan fingerprint density at radius 2 is 2.07 bits per heavy atom. The summed E-state index contributed by atoms with van der Waals surface area (Å²) in [6.45, 7) is 2.94. The van der Waals surface area contributed by atoms with Gasteiger partial charge in [-0.05, 0) is 42.8 Å². The van der Waals surface area contributed by atoms with Crippen LogP contribution in [0.1, 0.15) is 23.5 Å². The lowest BCUT2D eigenvalue weighted by atomic mass is 10.1. The highest BCUT2D eigenvalue weighted by Crippen LogP contribution is 2.38. The minimum absolute atomic E-state index is 0.113. The Labute approximate surface area is 172 Å². The number of thiazole rings is 1. The summed E-state index contributed by atoms with van der Waals surface area (Å²) in [6.07, 6.45) is 3.26. The molecule has 1 atom stereocenters. The first kappa shape index (κ1) is 18.8. The number of ether oxygens (including phenoxy) is 2. The van der Waals surface area contributed by atoms with Crippen molar-refractivity contribution in [3.63, 3.8) is 0 Å². The fourth-order valence-electron chi connectivity index (χ4n) is 2.94. The average Bonchev–Trinajstić information content (AvgIpc) is 3.15. The van der Waals surface area contributed by atoms with Gasteiger partial charge >= 0.3 is 0 Å². The first-order valence-corrected chi connectivity index (χ1v) is 10.1. The third-order valence-electron chi connectivity index (χ3n) is 4.63. The van der Waals surface area contributed by atoms with Gasteiger partial charge < -0.3 is 14.4 Å². The van der Waals surface area contributed by atoms with Crippen molar-refractivity contribution in [2.45, 2.75) is 13.0 Å². The van der Waals surface area contributed by atoms with Gasteiger partial charge in [0.1, 0.15) is 18.2 Å². The summed E-state index contributed by atoms with van der Waals surface area (Å²) in [5.74, 6) is 1.04. The molecule has 4 rings (SSSR count). The predicted molar refractivity (Wildman–Crippen MR) is 112 cm³/mol. The fourth-order valence-corrected chi connectivity index (χ4v) is 4.27. The van der Waals surface area contributed by atoms with Crippen LogP contribution in [0, 0.1) is 0 Å². The molecule has 0 saturated heterocycles. The second-order valence-corrected chi connectivity index (χ2v) is 7.97. The lowest BCUT2D eigenvalue weighted by Gasteiger charge is -2.22. The zero-order valence-corrected chi connectivity index (χ0v) is 17.1. The van der Waals surface area contributed by atoms with E-state index in [9.17, 15) is 4.79 Å². The smallest absolute Gasteiger partial charge is 0.246 e. The average molecular weight is 415 g/mol. The Balaban J connectivity index is 1.50. The Morgan fingerprint density at radius 1 is 1.29 bits per heavy atom. The number of hydrogen-bond acceptors (Lipinski definition) is 5. The van der Waals surface area contributed by atoms with Crippen molar-refractivity contribution in [2.24, 2.45) is 0 Å². The normalized spacial score (nSPS) is 14.4. The van der Waals surface area contributed by atoms with Crippen LogP contribution in [0.3, 0.4) is 0 Å². The van der Waals surface area contributed by atoms with E-state index in [1.807, 2.05) is 37.3 Å². The van der Waals surface area contributed by atoms with Crippen molar-refractivity contribution in [2.75, 3.05) is 20.3 Å². The van der Waals surface area contributed by atoms with Crippen LogP contribution >= 0.6 is 22.9 Å². The van der Waals surface area contributed by atoms with Crippen molar-refractivity contribution in [3.8, 4) is 11.5 Å². The van der Waals surface area contributed by atoms with E-state index in [2.05, 4.69) is 4.98 Å². The number of likely N-dealkylation sites (N-methyl/N-ethyl adjacent to an activating group) is 1. The molecule has 5 nitrogen and oxygen atoms in total. The van der Waals surface area contributed by atoms with Gasteiger partial charge in [-0.3, -0.25) is 4.79 Å². The number of nitrogens with zero attached hydrogens (tertiary/aromatic N) is 2. The molecular formula is C21H19ClN2O3S. The first-order chi connectivity index (χ1) is 13.5. The molecule has 0 bridgehead atoms. The highest BCUT2D eigenvalue weighted by molar-refractivity contribution is 7.18. The molecule has 2 aromatic carbocycles. The fraction of sp³-hybridized carbons (Fsp3) is 0.238.